The van der Waals surface area contributed by atoms with Crippen LogP contribution < -0.4 is 11.1 Å². The van der Waals surface area contributed by atoms with E-state index in [2.05, 4.69) is 5.32 Å². The SMILES string of the molecule is CCN(CCc1ccccc1)C(=O)CNC(=O)CN. The van der Waals surface area contributed by atoms with Crippen LogP contribution in [-0.2, 0) is 16.0 Å². The summed E-state index contributed by atoms with van der Waals surface area (Å²) in [6.45, 7) is 3.12. The first kappa shape index (κ1) is 15.2. The standard InChI is InChI=1S/C14H21N3O2/c1-2-17(14(19)11-16-13(18)10-15)9-8-12-6-4-3-5-7-12/h3-7H,2,8-11,15H2,1H3,(H,16,18). The van der Waals surface area contributed by atoms with Crippen molar-refractivity contribution in [2.45, 2.75) is 13.3 Å². The molecule has 5 heteroatoms. The van der Waals surface area contributed by atoms with Crippen LogP contribution in [0, 0.1) is 0 Å². The van der Waals surface area contributed by atoms with Crippen LogP contribution in [0.5, 0.6) is 0 Å². The van der Waals surface area contributed by atoms with Gasteiger partial charge in [0, 0.05) is 13.1 Å². The molecule has 0 fully saturated rings. The summed E-state index contributed by atoms with van der Waals surface area (Å²) in [6, 6.07) is 10.0. The van der Waals surface area contributed by atoms with E-state index >= 15 is 0 Å². The Morgan fingerprint density at radius 2 is 1.95 bits per heavy atom. The van der Waals surface area contributed by atoms with Crippen LogP contribution in [0.1, 0.15) is 12.5 Å². The summed E-state index contributed by atoms with van der Waals surface area (Å²) in [5.74, 6) is -0.396. The van der Waals surface area contributed by atoms with Gasteiger partial charge < -0.3 is 16.0 Å². The van der Waals surface area contributed by atoms with Crippen molar-refractivity contribution in [2.24, 2.45) is 5.73 Å². The van der Waals surface area contributed by atoms with Crippen molar-refractivity contribution >= 4 is 11.8 Å². The molecule has 0 aliphatic carbocycles. The molecule has 0 atom stereocenters. The van der Waals surface area contributed by atoms with Gasteiger partial charge in [0.25, 0.3) is 0 Å². The maximum atomic E-state index is 11.9. The van der Waals surface area contributed by atoms with Gasteiger partial charge in [0.05, 0.1) is 13.1 Å². The molecular weight excluding hydrogens is 242 g/mol. The van der Waals surface area contributed by atoms with E-state index in [4.69, 9.17) is 5.73 Å². The molecule has 5 nitrogen and oxygen atoms in total. The third-order valence-electron chi connectivity index (χ3n) is 2.87. The lowest BCUT2D eigenvalue weighted by molar-refractivity contribution is -0.132. The first-order valence-corrected chi connectivity index (χ1v) is 6.45. The third kappa shape index (κ3) is 5.52. The zero-order chi connectivity index (χ0) is 14.1. The number of benzene rings is 1. The molecule has 1 aromatic carbocycles. The fraction of sp³-hybridized carbons (Fsp3) is 0.429. The minimum atomic E-state index is -0.313. The number of hydrogen-bond donors (Lipinski definition) is 2. The van der Waals surface area contributed by atoms with E-state index in [9.17, 15) is 9.59 Å². The molecule has 0 spiro atoms. The minimum Gasteiger partial charge on any atom is -0.346 e. The molecule has 0 radical (unpaired) electrons. The van der Waals surface area contributed by atoms with E-state index in [-0.39, 0.29) is 24.9 Å². The summed E-state index contributed by atoms with van der Waals surface area (Å²) in [5, 5.41) is 2.49. The van der Waals surface area contributed by atoms with E-state index in [1.54, 1.807) is 4.90 Å². The van der Waals surface area contributed by atoms with Crippen molar-refractivity contribution in [1.82, 2.24) is 10.2 Å². The Morgan fingerprint density at radius 1 is 1.26 bits per heavy atom. The zero-order valence-electron chi connectivity index (χ0n) is 11.3. The summed E-state index contributed by atoms with van der Waals surface area (Å²) in [6.07, 6.45) is 0.811. The first-order chi connectivity index (χ1) is 9.17. The Kier molecular flexibility index (Phi) is 6.60. The number of amides is 2. The van der Waals surface area contributed by atoms with Crippen molar-refractivity contribution in [1.29, 1.82) is 0 Å². The predicted octanol–water partition coefficient (Wildman–Crippen LogP) is 0.153. The third-order valence-corrected chi connectivity index (χ3v) is 2.87. The van der Waals surface area contributed by atoms with Crippen LogP contribution in [0.3, 0.4) is 0 Å². The van der Waals surface area contributed by atoms with Crippen molar-refractivity contribution in [3.63, 3.8) is 0 Å². The molecule has 19 heavy (non-hydrogen) atoms. The Morgan fingerprint density at radius 3 is 2.53 bits per heavy atom. The second-order valence-corrected chi connectivity index (χ2v) is 4.19. The van der Waals surface area contributed by atoms with Crippen LogP contribution >= 0.6 is 0 Å². The van der Waals surface area contributed by atoms with Gasteiger partial charge in [-0.25, -0.2) is 0 Å². The van der Waals surface area contributed by atoms with Crippen LogP contribution in [0.2, 0.25) is 0 Å². The monoisotopic (exact) mass is 263 g/mol. The molecule has 2 amide bonds. The average molecular weight is 263 g/mol. The average Bonchev–Trinajstić information content (AvgIpc) is 2.46. The number of rotatable bonds is 7. The van der Waals surface area contributed by atoms with Crippen LogP contribution in [0.4, 0.5) is 0 Å². The van der Waals surface area contributed by atoms with Crippen molar-refractivity contribution in [2.75, 3.05) is 26.2 Å². The van der Waals surface area contributed by atoms with Crippen LogP contribution in [0.15, 0.2) is 30.3 Å². The van der Waals surface area contributed by atoms with Gasteiger partial charge >= 0.3 is 0 Å². The number of likely N-dealkylation sites (N-methyl/N-ethyl adjacent to an activating group) is 1. The molecule has 1 aromatic rings. The second-order valence-electron chi connectivity index (χ2n) is 4.19. The summed E-state index contributed by atoms with van der Waals surface area (Å²) in [5.41, 5.74) is 6.36. The highest BCUT2D eigenvalue weighted by molar-refractivity contribution is 5.85. The molecule has 104 valence electrons. The number of nitrogens with one attached hydrogen (secondary N) is 1. The summed E-state index contributed by atoms with van der Waals surface area (Å²) in [7, 11) is 0. The fourth-order valence-corrected chi connectivity index (χ4v) is 1.73. The van der Waals surface area contributed by atoms with Gasteiger partial charge in [-0.3, -0.25) is 9.59 Å². The summed E-state index contributed by atoms with van der Waals surface area (Å²) in [4.78, 5) is 24.6. The molecule has 0 unspecified atom stereocenters. The van der Waals surface area contributed by atoms with E-state index in [0.29, 0.717) is 13.1 Å². The number of carbonyl (C=O) groups excluding carboxylic acids is 2. The molecule has 0 aliphatic heterocycles. The maximum Gasteiger partial charge on any atom is 0.241 e. The van der Waals surface area contributed by atoms with Gasteiger partial charge in [-0.2, -0.15) is 0 Å². The topological polar surface area (TPSA) is 75.4 Å². The predicted molar refractivity (Wildman–Crippen MR) is 74.5 cm³/mol. The number of carbonyl (C=O) groups is 2. The highest BCUT2D eigenvalue weighted by Gasteiger charge is 2.12. The van der Waals surface area contributed by atoms with Gasteiger partial charge in [-0.05, 0) is 18.9 Å². The quantitative estimate of drug-likeness (QED) is 0.735. The Balaban J connectivity index is 2.40. The second kappa shape index (κ2) is 8.26. The Hall–Kier alpha value is -1.88. The van der Waals surface area contributed by atoms with Gasteiger partial charge in [0.15, 0.2) is 0 Å². The highest BCUT2D eigenvalue weighted by Crippen LogP contribution is 2.01. The van der Waals surface area contributed by atoms with Gasteiger partial charge in [-0.15, -0.1) is 0 Å². The minimum absolute atomic E-state index is 0.0126. The number of nitrogens with zero attached hydrogens (tertiary/aromatic N) is 1. The van der Waals surface area contributed by atoms with Crippen molar-refractivity contribution in [3.8, 4) is 0 Å². The number of nitrogens with two attached hydrogens (primary N) is 1. The molecule has 3 N–H and O–H groups in total. The lowest BCUT2D eigenvalue weighted by Crippen LogP contribution is -2.42. The van der Waals surface area contributed by atoms with Crippen molar-refractivity contribution in [3.05, 3.63) is 35.9 Å². The van der Waals surface area contributed by atoms with Crippen LogP contribution in [-0.4, -0.2) is 42.9 Å². The smallest absolute Gasteiger partial charge is 0.241 e. The largest absolute Gasteiger partial charge is 0.346 e. The van der Waals surface area contributed by atoms with Crippen LogP contribution in [0.25, 0.3) is 0 Å². The first-order valence-electron chi connectivity index (χ1n) is 6.45. The molecular formula is C14H21N3O2. The lowest BCUT2D eigenvalue weighted by atomic mass is 10.1. The van der Waals surface area contributed by atoms with Gasteiger partial charge in [-0.1, -0.05) is 30.3 Å². The maximum absolute atomic E-state index is 11.9. The molecule has 1 rings (SSSR count). The Bertz CT molecular complexity index is 406. The molecule has 0 bridgehead atoms. The van der Waals surface area contributed by atoms with Crippen molar-refractivity contribution < 1.29 is 9.59 Å². The van der Waals surface area contributed by atoms with Gasteiger partial charge in [0.1, 0.15) is 0 Å². The lowest BCUT2D eigenvalue weighted by Gasteiger charge is -2.21. The summed E-state index contributed by atoms with van der Waals surface area (Å²) >= 11 is 0. The molecule has 0 heterocycles. The normalized spacial score (nSPS) is 10.0. The van der Waals surface area contributed by atoms with E-state index in [0.717, 1.165) is 6.42 Å². The fourth-order valence-electron chi connectivity index (χ4n) is 1.73. The van der Waals surface area contributed by atoms with E-state index in [1.165, 1.54) is 5.56 Å². The molecule has 0 aliphatic rings. The van der Waals surface area contributed by atoms with E-state index < -0.39 is 0 Å². The van der Waals surface area contributed by atoms with Gasteiger partial charge in [0.2, 0.25) is 11.8 Å². The molecule has 0 saturated heterocycles. The zero-order valence-corrected chi connectivity index (χ0v) is 11.3. The highest BCUT2D eigenvalue weighted by atomic mass is 16.2. The van der Waals surface area contributed by atoms with E-state index in [1.807, 2.05) is 37.3 Å². The Labute approximate surface area is 113 Å². The summed E-state index contributed by atoms with van der Waals surface area (Å²) < 4.78 is 0. The molecule has 0 saturated carbocycles. The number of hydrogen-bond acceptors (Lipinski definition) is 3. The molecule has 0 aromatic heterocycles.